The van der Waals surface area contributed by atoms with Crippen molar-refractivity contribution in [3.05, 3.63) is 60.3 Å². The second-order valence-corrected chi connectivity index (χ2v) is 10.0. The van der Waals surface area contributed by atoms with Crippen LogP contribution in [0.2, 0.25) is 0 Å². The van der Waals surface area contributed by atoms with Crippen molar-refractivity contribution in [1.82, 2.24) is 19.6 Å². The number of benzene rings is 2. The fourth-order valence-electron chi connectivity index (χ4n) is 3.56. The Labute approximate surface area is 239 Å². The number of anilines is 4. The van der Waals surface area contributed by atoms with Crippen LogP contribution in [0.25, 0.3) is 0 Å². The third kappa shape index (κ3) is 7.88. The van der Waals surface area contributed by atoms with Crippen molar-refractivity contribution >= 4 is 33.2 Å². The second kappa shape index (κ2) is 11.5. The number of hydrogen-bond donors (Lipinski definition) is 3. The quantitative estimate of drug-likeness (QED) is 0.337. The number of sulfonamides is 1. The lowest BCUT2D eigenvalue weighted by Gasteiger charge is -2.20. The molecule has 0 unspecified atom stereocenters. The lowest BCUT2D eigenvalue weighted by atomic mass is 10.1. The summed E-state index contributed by atoms with van der Waals surface area (Å²) in [5.41, 5.74) is -3.91. The molecule has 1 saturated heterocycles. The van der Waals surface area contributed by atoms with E-state index in [1.54, 1.807) is 12.1 Å². The van der Waals surface area contributed by atoms with E-state index in [4.69, 9.17) is 23.9 Å². The highest BCUT2D eigenvalue weighted by Gasteiger charge is 2.22. The van der Waals surface area contributed by atoms with Gasteiger partial charge in [0.1, 0.15) is 18.1 Å². The first-order chi connectivity index (χ1) is 23.2. The van der Waals surface area contributed by atoms with Gasteiger partial charge >= 0.3 is 0 Å². The first-order valence-corrected chi connectivity index (χ1v) is 12.8. The summed E-state index contributed by atoms with van der Waals surface area (Å²) in [6.45, 7) is -14.5. The second-order valence-electron chi connectivity index (χ2n) is 8.34. The van der Waals surface area contributed by atoms with Crippen molar-refractivity contribution in [2.75, 3.05) is 36.8 Å². The van der Waals surface area contributed by atoms with E-state index >= 15 is 0 Å². The summed E-state index contributed by atoms with van der Waals surface area (Å²) >= 11 is 0. The van der Waals surface area contributed by atoms with Gasteiger partial charge < -0.3 is 15.4 Å². The smallest absolute Gasteiger partial charge is 0.241 e. The van der Waals surface area contributed by atoms with Gasteiger partial charge in [-0.1, -0.05) is 6.07 Å². The molecule has 0 aliphatic carbocycles. The summed E-state index contributed by atoms with van der Waals surface area (Å²) in [4.78, 5) is 9.56. The molecule has 1 aliphatic heterocycles. The maximum absolute atomic E-state index is 13.4. The lowest BCUT2D eigenvalue weighted by Crippen LogP contribution is -2.40. The number of ether oxygens (including phenoxy) is 1. The maximum atomic E-state index is 13.4. The fraction of sp³-hybridized carbons (Fsp3) is 0.407. The number of hydrogen-bond acceptors (Lipinski definition) is 8. The van der Waals surface area contributed by atoms with Gasteiger partial charge in [0.05, 0.1) is 7.64 Å². The molecule has 2 heterocycles. The van der Waals surface area contributed by atoms with Gasteiger partial charge in [-0.2, -0.15) is 4.98 Å². The van der Waals surface area contributed by atoms with Crippen LogP contribution < -0.4 is 20.1 Å². The number of likely N-dealkylation sites (tertiary alicyclic amines) is 1. The highest BCUT2D eigenvalue weighted by molar-refractivity contribution is 7.89. The normalized spacial score (nSPS) is 21.8. The summed E-state index contributed by atoms with van der Waals surface area (Å²) in [6, 6.07) is 10.5. The topological polar surface area (TPSA) is 108 Å². The van der Waals surface area contributed by atoms with E-state index in [0.29, 0.717) is 5.69 Å². The van der Waals surface area contributed by atoms with Crippen LogP contribution in [0.4, 0.5) is 23.1 Å². The molecular weight excluding hydrogens is 488 g/mol. The zero-order valence-electron chi connectivity index (χ0n) is 33.7. The Morgan fingerprint density at radius 3 is 2.59 bits per heavy atom. The van der Waals surface area contributed by atoms with Crippen LogP contribution in [0.15, 0.2) is 59.6 Å². The average molecular weight is 539 g/mol. The van der Waals surface area contributed by atoms with Gasteiger partial charge in [-0.15, -0.1) is 0 Å². The van der Waals surface area contributed by atoms with Crippen LogP contribution in [0.3, 0.4) is 0 Å². The van der Waals surface area contributed by atoms with Crippen molar-refractivity contribution in [2.24, 2.45) is 0 Å². The van der Waals surface area contributed by atoms with Gasteiger partial charge in [0.25, 0.3) is 0 Å². The van der Waals surface area contributed by atoms with E-state index in [-0.39, 0.29) is 35.3 Å². The number of nitrogens with one attached hydrogen (secondary N) is 3. The zero-order chi connectivity index (χ0) is 38.3. The highest BCUT2D eigenvalue weighted by atomic mass is 32.2. The first kappa shape index (κ1) is 14.1. The van der Waals surface area contributed by atoms with E-state index in [2.05, 4.69) is 20.6 Å². The molecular formula is C27H36N6O3S. The molecule has 0 saturated carbocycles. The molecule has 198 valence electrons. The van der Waals surface area contributed by atoms with E-state index in [1.165, 1.54) is 29.0 Å². The van der Waals surface area contributed by atoms with Gasteiger partial charge in [0.15, 0.2) is 0 Å². The minimum absolute atomic E-state index is 0.0909. The molecule has 37 heavy (non-hydrogen) atoms. The van der Waals surface area contributed by atoms with Gasteiger partial charge in [-0.05, 0) is 95.8 Å². The molecule has 0 bridgehead atoms. The largest absolute Gasteiger partial charge is 0.492 e. The molecule has 9 nitrogen and oxygen atoms in total. The molecule has 10 heteroatoms. The van der Waals surface area contributed by atoms with Crippen LogP contribution in [0, 0.1) is 6.85 Å². The molecule has 1 aromatic heterocycles. The Morgan fingerprint density at radius 1 is 1.08 bits per heavy atom. The SMILES string of the molecule is [2H]C([2H])(CN1CCCC1)Oc1ccc(Nc2ncc(C([2H])([2H])[2H])c(Nc3cccc(S(=O)(=O)NC(C([2H])([2H])[2H])(C([2H])([2H])[2H])C([2H])([2H])[2H])c3)n2)cc1. The molecule has 1 aliphatic rings. The highest BCUT2D eigenvalue weighted by Crippen LogP contribution is 2.24. The van der Waals surface area contributed by atoms with Crippen molar-refractivity contribution in [3.8, 4) is 5.75 Å². The van der Waals surface area contributed by atoms with Crippen LogP contribution >= 0.6 is 0 Å². The zero-order valence-corrected chi connectivity index (χ0v) is 20.5. The van der Waals surface area contributed by atoms with E-state index in [9.17, 15) is 8.42 Å². The molecule has 0 spiro atoms. The Kier molecular flexibility index (Phi) is 4.36. The third-order valence-electron chi connectivity index (χ3n) is 5.27. The predicted octanol–water partition coefficient (Wildman–Crippen LogP) is 4.82. The summed E-state index contributed by atoms with van der Waals surface area (Å²) in [7, 11) is -5.15. The van der Waals surface area contributed by atoms with Crippen molar-refractivity contribution in [3.63, 3.8) is 0 Å². The van der Waals surface area contributed by atoms with Crippen molar-refractivity contribution < 1.29 is 32.3 Å². The maximum Gasteiger partial charge on any atom is 0.241 e. The molecule has 3 aromatic rings. The number of rotatable bonds is 10. The summed E-state index contributed by atoms with van der Waals surface area (Å²) < 4.78 is 144. The van der Waals surface area contributed by atoms with E-state index in [1.807, 2.05) is 4.90 Å². The predicted molar refractivity (Wildman–Crippen MR) is 147 cm³/mol. The van der Waals surface area contributed by atoms with E-state index in [0.717, 1.165) is 44.3 Å². The first-order valence-electron chi connectivity index (χ1n) is 18.3. The third-order valence-corrected chi connectivity index (χ3v) is 6.72. The minimum atomic E-state index is -5.15. The molecule has 1 fully saturated rings. The van der Waals surface area contributed by atoms with Gasteiger partial charge in [-0.25, -0.2) is 18.1 Å². The van der Waals surface area contributed by atoms with Crippen molar-refractivity contribution in [1.29, 1.82) is 0 Å². The van der Waals surface area contributed by atoms with Crippen LogP contribution in [0.1, 0.15) is 58.2 Å². The van der Waals surface area contributed by atoms with Crippen LogP contribution in [-0.2, 0) is 10.0 Å². The van der Waals surface area contributed by atoms with E-state index < -0.39 is 54.4 Å². The Balaban J connectivity index is 1.59. The summed E-state index contributed by atoms with van der Waals surface area (Å²) in [5, 5.41) is 5.59. The Morgan fingerprint density at radius 2 is 1.86 bits per heavy atom. The van der Waals surface area contributed by atoms with Gasteiger partial charge in [0.2, 0.25) is 16.0 Å². The molecule has 4 rings (SSSR count). The fourth-order valence-corrected chi connectivity index (χ4v) is 4.62. The molecule has 2 aromatic carbocycles. The molecule has 0 atom stereocenters. The standard InChI is InChI=1S/C27H36N6O3S/c1-20-19-28-26(30-21-10-12-23(13-11-21)36-17-16-33-14-5-6-15-33)31-25(20)29-22-8-7-9-24(18-22)37(34,35)32-27(2,3)4/h7-13,18-19,32H,5-6,14-17H2,1-4H3,(H2,28,29,30,31)/i1D3,2D3,3D3,4D3,17D2. The monoisotopic (exact) mass is 538 g/mol. The van der Waals surface area contributed by atoms with Gasteiger partial charge in [-0.3, -0.25) is 4.90 Å². The summed E-state index contributed by atoms with van der Waals surface area (Å²) in [5.74, 6) is -0.109. The number of aromatic nitrogens is 2. The van der Waals surface area contributed by atoms with Crippen molar-refractivity contribution in [2.45, 2.75) is 50.7 Å². The summed E-state index contributed by atoms with van der Waals surface area (Å²) in [6.07, 6.45) is 3.04. The minimum Gasteiger partial charge on any atom is -0.492 e. The molecule has 0 amide bonds. The number of nitrogens with zero attached hydrogens (tertiary/aromatic N) is 3. The average Bonchev–Trinajstić information content (AvgIpc) is 3.47. The Hall–Kier alpha value is -3.21. The Bertz CT molecular complexity index is 1750. The molecule has 3 N–H and O–H groups in total. The lowest BCUT2D eigenvalue weighted by molar-refractivity contribution is 0.238. The molecule has 0 radical (unpaired) electrons. The van der Waals surface area contributed by atoms with Crippen LogP contribution in [-0.4, -0.2) is 55.0 Å². The van der Waals surface area contributed by atoms with Crippen LogP contribution in [0.5, 0.6) is 5.75 Å². The van der Waals surface area contributed by atoms with Gasteiger partial charge in [0, 0.05) is 51.7 Å². The number of aryl methyl sites for hydroxylation is 1.